The zero-order valence-electron chi connectivity index (χ0n) is 7.62. The van der Waals surface area contributed by atoms with Crippen molar-refractivity contribution in [2.45, 2.75) is 13.0 Å². The van der Waals surface area contributed by atoms with Gasteiger partial charge in [0, 0.05) is 6.54 Å². The number of rotatable bonds is 4. The Morgan fingerprint density at radius 1 is 1.54 bits per heavy atom. The van der Waals surface area contributed by atoms with Gasteiger partial charge in [-0.3, -0.25) is 0 Å². The molecule has 0 aliphatic rings. The fourth-order valence-electron chi connectivity index (χ4n) is 0.870. The second kappa shape index (κ2) is 4.99. The van der Waals surface area contributed by atoms with Gasteiger partial charge in [-0.15, -0.1) is 0 Å². The fourth-order valence-corrected chi connectivity index (χ4v) is 0.968. The van der Waals surface area contributed by atoms with Crippen LogP contribution >= 0.6 is 11.6 Å². The van der Waals surface area contributed by atoms with Crippen LogP contribution in [0, 0.1) is 0 Å². The normalized spacial score (nSPS) is 12.5. The van der Waals surface area contributed by atoms with Crippen molar-refractivity contribution in [2.75, 3.05) is 13.6 Å². The van der Waals surface area contributed by atoms with Crippen LogP contribution in [0.5, 0.6) is 6.01 Å². The molecule has 1 unspecified atom stereocenters. The van der Waals surface area contributed by atoms with E-state index in [1.165, 1.54) is 12.4 Å². The predicted octanol–water partition coefficient (Wildman–Crippen LogP) is 1.12. The van der Waals surface area contributed by atoms with Crippen LogP contribution in [0.1, 0.15) is 6.92 Å². The number of halogens is 1. The third kappa shape index (κ3) is 3.57. The summed E-state index contributed by atoms with van der Waals surface area (Å²) in [5.41, 5.74) is 0. The molecule has 1 heterocycles. The monoisotopic (exact) mass is 201 g/mol. The van der Waals surface area contributed by atoms with Crippen LogP contribution in [0.4, 0.5) is 0 Å². The van der Waals surface area contributed by atoms with Crippen molar-refractivity contribution in [3.05, 3.63) is 17.4 Å². The maximum absolute atomic E-state index is 5.62. The zero-order chi connectivity index (χ0) is 9.68. The summed E-state index contributed by atoms with van der Waals surface area (Å²) in [4.78, 5) is 7.81. The van der Waals surface area contributed by atoms with Crippen LogP contribution in [0.25, 0.3) is 0 Å². The molecule has 0 fully saturated rings. The second-order valence-electron chi connectivity index (χ2n) is 2.67. The predicted molar refractivity (Wildman–Crippen MR) is 51.1 cm³/mol. The first-order valence-corrected chi connectivity index (χ1v) is 4.39. The maximum Gasteiger partial charge on any atom is 0.316 e. The summed E-state index contributed by atoms with van der Waals surface area (Å²) >= 11 is 5.62. The molecule has 0 saturated heterocycles. The summed E-state index contributed by atoms with van der Waals surface area (Å²) < 4.78 is 5.37. The van der Waals surface area contributed by atoms with E-state index in [0.29, 0.717) is 11.0 Å². The molecule has 72 valence electrons. The molecule has 13 heavy (non-hydrogen) atoms. The van der Waals surface area contributed by atoms with Gasteiger partial charge >= 0.3 is 6.01 Å². The number of nitrogens with one attached hydrogen (secondary N) is 1. The van der Waals surface area contributed by atoms with Gasteiger partial charge in [0.15, 0.2) is 0 Å². The lowest BCUT2D eigenvalue weighted by molar-refractivity contribution is 0.202. The first-order valence-electron chi connectivity index (χ1n) is 4.01. The molecule has 1 N–H and O–H groups in total. The number of ether oxygens (including phenoxy) is 1. The van der Waals surface area contributed by atoms with Gasteiger partial charge in [-0.05, 0) is 14.0 Å². The SMILES string of the molecule is CNCC(C)Oc1ncc(Cl)cn1. The molecule has 5 heteroatoms. The third-order valence-electron chi connectivity index (χ3n) is 1.39. The summed E-state index contributed by atoms with van der Waals surface area (Å²) in [6.45, 7) is 2.69. The highest BCUT2D eigenvalue weighted by Gasteiger charge is 2.03. The standard InChI is InChI=1S/C8H12ClN3O/c1-6(3-10-2)13-8-11-4-7(9)5-12-8/h4-6,10H,3H2,1-2H3. The van der Waals surface area contributed by atoms with Gasteiger partial charge in [-0.1, -0.05) is 11.6 Å². The van der Waals surface area contributed by atoms with Crippen molar-refractivity contribution >= 4 is 11.6 Å². The third-order valence-corrected chi connectivity index (χ3v) is 1.59. The number of hydrogen-bond acceptors (Lipinski definition) is 4. The Bertz CT molecular complexity index is 252. The summed E-state index contributed by atoms with van der Waals surface area (Å²) in [5.74, 6) is 0. The van der Waals surface area contributed by atoms with Crippen LogP contribution in [0.15, 0.2) is 12.4 Å². The Balaban J connectivity index is 2.49. The Morgan fingerprint density at radius 3 is 2.69 bits per heavy atom. The van der Waals surface area contributed by atoms with Crippen LogP contribution in [0.3, 0.4) is 0 Å². The Morgan fingerprint density at radius 2 is 2.15 bits per heavy atom. The minimum Gasteiger partial charge on any atom is -0.459 e. The molecule has 0 spiro atoms. The van der Waals surface area contributed by atoms with Crippen molar-refractivity contribution in [3.63, 3.8) is 0 Å². The molecule has 4 nitrogen and oxygen atoms in total. The van der Waals surface area contributed by atoms with Crippen molar-refractivity contribution in [2.24, 2.45) is 0 Å². The topological polar surface area (TPSA) is 47.0 Å². The number of hydrogen-bond donors (Lipinski definition) is 1. The minimum atomic E-state index is 0.0474. The van der Waals surface area contributed by atoms with Crippen molar-refractivity contribution in [3.8, 4) is 6.01 Å². The smallest absolute Gasteiger partial charge is 0.316 e. The summed E-state index contributed by atoms with van der Waals surface area (Å²) in [6, 6.07) is 0.354. The molecule has 0 radical (unpaired) electrons. The van der Waals surface area contributed by atoms with Crippen molar-refractivity contribution < 1.29 is 4.74 Å². The highest BCUT2D eigenvalue weighted by atomic mass is 35.5. The van der Waals surface area contributed by atoms with Gasteiger partial charge in [0.2, 0.25) is 0 Å². The summed E-state index contributed by atoms with van der Waals surface area (Å²) in [7, 11) is 1.86. The quantitative estimate of drug-likeness (QED) is 0.793. The van der Waals surface area contributed by atoms with Gasteiger partial charge in [0.1, 0.15) is 6.10 Å². The van der Waals surface area contributed by atoms with E-state index in [1.54, 1.807) is 0 Å². The summed E-state index contributed by atoms with van der Waals surface area (Å²) in [5, 5.41) is 3.50. The lowest BCUT2D eigenvalue weighted by atomic mass is 10.4. The van der Waals surface area contributed by atoms with Gasteiger partial charge < -0.3 is 10.1 Å². The molecule has 0 aromatic carbocycles. The van der Waals surface area contributed by atoms with E-state index in [-0.39, 0.29) is 6.10 Å². The van der Waals surface area contributed by atoms with E-state index in [1.807, 2.05) is 14.0 Å². The van der Waals surface area contributed by atoms with Gasteiger partial charge in [-0.2, -0.15) is 0 Å². The first kappa shape index (κ1) is 10.2. The van der Waals surface area contributed by atoms with Crippen molar-refractivity contribution in [1.29, 1.82) is 0 Å². The highest BCUT2D eigenvalue weighted by Crippen LogP contribution is 2.08. The lowest BCUT2D eigenvalue weighted by Crippen LogP contribution is -2.26. The molecular formula is C8H12ClN3O. The lowest BCUT2D eigenvalue weighted by Gasteiger charge is -2.11. The first-order chi connectivity index (χ1) is 6.22. The van der Waals surface area contributed by atoms with Gasteiger partial charge in [-0.25, -0.2) is 9.97 Å². The average Bonchev–Trinajstić information content (AvgIpc) is 2.09. The average molecular weight is 202 g/mol. The van der Waals surface area contributed by atoms with Crippen LogP contribution in [-0.2, 0) is 0 Å². The molecule has 0 bridgehead atoms. The molecule has 1 aromatic heterocycles. The van der Waals surface area contributed by atoms with Gasteiger partial charge in [0.25, 0.3) is 0 Å². The van der Waals surface area contributed by atoms with E-state index in [9.17, 15) is 0 Å². The molecule has 0 amide bonds. The number of likely N-dealkylation sites (N-methyl/N-ethyl adjacent to an activating group) is 1. The van der Waals surface area contributed by atoms with E-state index in [4.69, 9.17) is 16.3 Å². The van der Waals surface area contributed by atoms with E-state index < -0.39 is 0 Å². The van der Waals surface area contributed by atoms with Crippen LogP contribution in [0.2, 0.25) is 5.02 Å². The Hall–Kier alpha value is -0.870. The van der Waals surface area contributed by atoms with Crippen molar-refractivity contribution in [1.82, 2.24) is 15.3 Å². The van der Waals surface area contributed by atoms with E-state index in [2.05, 4.69) is 15.3 Å². The van der Waals surface area contributed by atoms with E-state index in [0.717, 1.165) is 6.54 Å². The van der Waals surface area contributed by atoms with Crippen LogP contribution in [-0.4, -0.2) is 29.7 Å². The molecule has 1 aromatic rings. The zero-order valence-corrected chi connectivity index (χ0v) is 8.38. The Labute approximate surface area is 82.3 Å². The number of nitrogens with zero attached hydrogens (tertiary/aromatic N) is 2. The van der Waals surface area contributed by atoms with E-state index >= 15 is 0 Å². The molecule has 0 saturated carbocycles. The molecule has 0 aliphatic heterocycles. The highest BCUT2D eigenvalue weighted by molar-refractivity contribution is 6.30. The maximum atomic E-state index is 5.62. The van der Waals surface area contributed by atoms with Gasteiger partial charge in [0.05, 0.1) is 17.4 Å². The fraction of sp³-hybridized carbons (Fsp3) is 0.500. The Kier molecular flexibility index (Phi) is 3.92. The summed E-state index contributed by atoms with van der Waals surface area (Å²) in [6.07, 6.45) is 3.07. The van der Waals surface area contributed by atoms with Crippen LogP contribution < -0.4 is 10.1 Å². The second-order valence-corrected chi connectivity index (χ2v) is 3.11. The molecule has 0 aliphatic carbocycles. The molecule has 1 atom stereocenters. The number of aromatic nitrogens is 2. The largest absolute Gasteiger partial charge is 0.459 e. The molecular weight excluding hydrogens is 190 g/mol. The molecule has 1 rings (SSSR count). The minimum absolute atomic E-state index is 0.0474.